The summed E-state index contributed by atoms with van der Waals surface area (Å²) < 4.78 is 32.9. The molecule has 0 atom stereocenters. The van der Waals surface area contributed by atoms with Gasteiger partial charge in [-0.05, 0) is 69.9 Å². The van der Waals surface area contributed by atoms with Gasteiger partial charge in [0.15, 0.2) is 0 Å². The monoisotopic (exact) mass is 335 g/mol. The summed E-state index contributed by atoms with van der Waals surface area (Å²) in [5.74, 6) is 0.269. The smallest absolute Gasteiger partial charge is 0.268 e. The molecule has 1 aromatic heterocycles. The molecule has 0 unspecified atom stereocenters. The molecule has 0 radical (unpaired) electrons. The number of nitrogens with one attached hydrogen (secondary N) is 1. The highest BCUT2D eigenvalue weighted by atomic mass is 32.2. The average molecular weight is 335 g/mol. The van der Waals surface area contributed by atoms with Gasteiger partial charge in [-0.2, -0.15) is 0 Å². The second kappa shape index (κ2) is 5.85. The van der Waals surface area contributed by atoms with Crippen LogP contribution in [0.4, 0.5) is 0 Å². The molecule has 0 aliphatic rings. The van der Waals surface area contributed by atoms with Gasteiger partial charge in [-0.25, -0.2) is 13.1 Å². The lowest BCUT2D eigenvalue weighted by molar-refractivity contribution is 0.0980. The molecule has 0 aliphatic carbocycles. The molecular weight excluding hydrogens is 314 g/mol. The first kappa shape index (κ1) is 17.3. The third-order valence-corrected chi connectivity index (χ3v) is 5.68. The molecule has 1 N–H and O–H groups in total. The van der Waals surface area contributed by atoms with Crippen LogP contribution in [-0.4, -0.2) is 14.3 Å². The van der Waals surface area contributed by atoms with Gasteiger partial charge in [-0.3, -0.25) is 4.79 Å². The van der Waals surface area contributed by atoms with Crippen LogP contribution < -0.4 is 4.72 Å². The first-order valence-corrected chi connectivity index (χ1v) is 8.74. The summed E-state index contributed by atoms with van der Waals surface area (Å²) in [5, 5.41) is 0. The minimum Gasteiger partial charge on any atom is -0.466 e. The van der Waals surface area contributed by atoms with Crippen LogP contribution in [0.5, 0.6) is 0 Å². The van der Waals surface area contributed by atoms with Crippen LogP contribution in [0.2, 0.25) is 0 Å². The van der Waals surface area contributed by atoms with E-state index in [2.05, 4.69) is 4.72 Å². The van der Waals surface area contributed by atoms with E-state index in [1.807, 2.05) is 19.9 Å². The van der Waals surface area contributed by atoms with E-state index in [0.29, 0.717) is 22.6 Å². The summed E-state index contributed by atoms with van der Waals surface area (Å²) >= 11 is 0. The number of hydrogen-bond acceptors (Lipinski definition) is 4. The van der Waals surface area contributed by atoms with Gasteiger partial charge < -0.3 is 4.42 Å². The van der Waals surface area contributed by atoms with Crippen molar-refractivity contribution >= 4 is 15.9 Å². The van der Waals surface area contributed by atoms with Crippen LogP contribution in [-0.2, 0) is 10.0 Å². The van der Waals surface area contributed by atoms with Crippen LogP contribution in [0.3, 0.4) is 0 Å². The van der Waals surface area contributed by atoms with Crippen molar-refractivity contribution in [1.82, 2.24) is 4.72 Å². The third-order valence-electron chi connectivity index (χ3n) is 4.08. The van der Waals surface area contributed by atoms with Gasteiger partial charge in [0, 0.05) is 0 Å². The maximum atomic E-state index is 12.7. The lowest BCUT2D eigenvalue weighted by Gasteiger charge is -2.16. The second-order valence-corrected chi connectivity index (χ2v) is 7.47. The Morgan fingerprint density at radius 2 is 1.48 bits per heavy atom. The maximum Gasteiger partial charge on any atom is 0.268 e. The number of furan rings is 1. The standard InChI is InChI=1S/C17H21NO4S/c1-9-7-10(2)13(5)16(12(9)4)23(20,21)18-17(19)15-8-11(3)22-14(15)6/h7-8H,1-6H3,(H,18,19). The molecule has 0 spiro atoms. The lowest BCUT2D eigenvalue weighted by atomic mass is 10.0. The van der Waals surface area contributed by atoms with Crippen molar-refractivity contribution in [2.75, 3.05) is 0 Å². The number of carbonyl (C=O) groups is 1. The summed E-state index contributed by atoms with van der Waals surface area (Å²) in [5.41, 5.74) is 3.26. The molecule has 1 heterocycles. The molecule has 6 heteroatoms. The van der Waals surface area contributed by atoms with Crippen LogP contribution >= 0.6 is 0 Å². The molecular formula is C17H21NO4S. The summed E-state index contributed by atoms with van der Waals surface area (Å²) in [6, 6.07) is 3.47. The van der Waals surface area contributed by atoms with E-state index in [-0.39, 0.29) is 10.5 Å². The van der Waals surface area contributed by atoms with E-state index in [0.717, 1.165) is 11.1 Å². The molecule has 1 aromatic carbocycles. The zero-order valence-electron chi connectivity index (χ0n) is 14.2. The molecule has 5 nitrogen and oxygen atoms in total. The van der Waals surface area contributed by atoms with Gasteiger partial charge in [0.25, 0.3) is 15.9 Å². The first-order valence-electron chi connectivity index (χ1n) is 7.26. The van der Waals surface area contributed by atoms with Gasteiger partial charge >= 0.3 is 0 Å². The first-order chi connectivity index (χ1) is 10.5. The fraction of sp³-hybridized carbons (Fsp3) is 0.353. The zero-order chi connectivity index (χ0) is 17.5. The van der Waals surface area contributed by atoms with Gasteiger partial charge in [-0.1, -0.05) is 6.07 Å². The number of benzene rings is 1. The van der Waals surface area contributed by atoms with Gasteiger partial charge in [-0.15, -0.1) is 0 Å². The molecule has 2 rings (SSSR count). The van der Waals surface area contributed by atoms with E-state index >= 15 is 0 Å². The van der Waals surface area contributed by atoms with Crippen LogP contribution in [0.1, 0.15) is 44.1 Å². The molecule has 124 valence electrons. The molecule has 0 aliphatic heterocycles. The predicted octanol–water partition coefficient (Wildman–Crippen LogP) is 3.25. The number of sulfonamides is 1. The van der Waals surface area contributed by atoms with Crippen molar-refractivity contribution in [3.63, 3.8) is 0 Å². The summed E-state index contributed by atoms with van der Waals surface area (Å²) in [6.45, 7) is 10.5. The summed E-state index contributed by atoms with van der Waals surface area (Å²) in [6.07, 6.45) is 0. The number of rotatable bonds is 3. The Morgan fingerprint density at radius 1 is 0.957 bits per heavy atom. The van der Waals surface area contributed by atoms with Crippen molar-refractivity contribution < 1.29 is 17.6 Å². The number of hydrogen-bond donors (Lipinski definition) is 1. The number of aryl methyl sites for hydroxylation is 4. The van der Waals surface area contributed by atoms with Crippen molar-refractivity contribution in [3.8, 4) is 0 Å². The van der Waals surface area contributed by atoms with Gasteiger partial charge in [0.2, 0.25) is 0 Å². The van der Waals surface area contributed by atoms with Crippen LogP contribution in [0.15, 0.2) is 21.4 Å². The van der Waals surface area contributed by atoms with E-state index in [4.69, 9.17) is 4.42 Å². The fourth-order valence-electron chi connectivity index (χ4n) is 2.67. The van der Waals surface area contributed by atoms with Gasteiger partial charge in [0.1, 0.15) is 11.5 Å². The number of amides is 1. The normalized spacial score (nSPS) is 11.6. The Bertz CT molecular complexity index is 866. The minimum absolute atomic E-state index is 0.168. The highest BCUT2D eigenvalue weighted by molar-refractivity contribution is 7.90. The van der Waals surface area contributed by atoms with Crippen LogP contribution in [0.25, 0.3) is 0 Å². The molecule has 0 fully saturated rings. The molecule has 23 heavy (non-hydrogen) atoms. The van der Waals surface area contributed by atoms with Crippen molar-refractivity contribution in [2.45, 2.75) is 46.4 Å². The Kier molecular flexibility index (Phi) is 4.39. The fourth-order valence-corrected chi connectivity index (χ4v) is 4.25. The molecule has 0 bridgehead atoms. The molecule has 2 aromatic rings. The lowest BCUT2D eigenvalue weighted by Crippen LogP contribution is -2.32. The zero-order valence-corrected chi connectivity index (χ0v) is 15.0. The van der Waals surface area contributed by atoms with Gasteiger partial charge in [0.05, 0.1) is 10.5 Å². The highest BCUT2D eigenvalue weighted by Crippen LogP contribution is 2.26. The molecule has 0 saturated carbocycles. The Morgan fingerprint density at radius 3 is 1.91 bits per heavy atom. The third kappa shape index (κ3) is 3.17. The largest absolute Gasteiger partial charge is 0.466 e. The van der Waals surface area contributed by atoms with E-state index in [1.54, 1.807) is 27.7 Å². The SMILES string of the molecule is Cc1cc(C(=O)NS(=O)(=O)c2c(C)c(C)cc(C)c2C)c(C)o1. The topological polar surface area (TPSA) is 76.4 Å². The van der Waals surface area contributed by atoms with Crippen molar-refractivity contribution in [1.29, 1.82) is 0 Å². The predicted molar refractivity (Wildman–Crippen MR) is 88.2 cm³/mol. The Labute approximate surface area is 136 Å². The minimum atomic E-state index is -3.96. The molecule has 1 amide bonds. The van der Waals surface area contributed by atoms with E-state index in [1.165, 1.54) is 6.07 Å². The molecule has 0 saturated heterocycles. The number of carbonyl (C=O) groups excluding carboxylic acids is 1. The van der Waals surface area contributed by atoms with E-state index < -0.39 is 15.9 Å². The average Bonchev–Trinajstić information content (AvgIpc) is 2.75. The van der Waals surface area contributed by atoms with Crippen molar-refractivity contribution in [3.05, 3.63) is 51.5 Å². The highest BCUT2D eigenvalue weighted by Gasteiger charge is 2.26. The summed E-state index contributed by atoms with van der Waals surface area (Å²) in [7, 11) is -3.96. The quantitative estimate of drug-likeness (QED) is 0.934. The van der Waals surface area contributed by atoms with Crippen molar-refractivity contribution in [2.24, 2.45) is 0 Å². The Hall–Kier alpha value is -2.08. The Balaban J connectivity index is 2.48. The summed E-state index contributed by atoms with van der Waals surface area (Å²) in [4.78, 5) is 12.5. The maximum absolute atomic E-state index is 12.7. The van der Waals surface area contributed by atoms with Crippen LogP contribution in [0, 0.1) is 41.5 Å². The van der Waals surface area contributed by atoms with E-state index in [9.17, 15) is 13.2 Å². The second-order valence-electron chi connectivity index (χ2n) is 5.85.